The third-order valence-electron chi connectivity index (χ3n) is 3.08. The van der Waals surface area contributed by atoms with Crippen LogP contribution in [0.2, 0.25) is 0 Å². The van der Waals surface area contributed by atoms with Crippen LogP contribution in [0, 0.1) is 0 Å². The third kappa shape index (κ3) is 3.02. The van der Waals surface area contributed by atoms with Gasteiger partial charge in [-0.25, -0.2) is 4.79 Å². The van der Waals surface area contributed by atoms with Gasteiger partial charge in [0.2, 0.25) is 0 Å². The number of carboxylic acid groups (broad SMARTS) is 1. The number of nitrogens with zero attached hydrogens (tertiary/aromatic N) is 1. The molecule has 0 aliphatic rings. The molecule has 0 aromatic carbocycles. The van der Waals surface area contributed by atoms with E-state index in [2.05, 4.69) is 11.9 Å². The maximum absolute atomic E-state index is 11.4. The molecule has 1 N–H and O–H groups in total. The van der Waals surface area contributed by atoms with Crippen molar-refractivity contribution in [1.82, 2.24) is 4.98 Å². The van der Waals surface area contributed by atoms with Crippen LogP contribution in [0.3, 0.4) is 0 Å². The lowest BCUT2D eigenvalue weighted by atomic mass is 10.0. The smallest absolute Gasteiger partial charge is 0.339 e. The fourth-order valence-corrected chi connectivity index (χ4v) is 2.10. The van der Waals surface area contributed by atoms with Crippen molar-refractivity contribution in [2.75, 3.05) is 0 Å². The Morgan fingerprint density at radius 2 is 2.05 bits per heavy atom. The summed E-state index contributed by atoms with van der Waals surface area (Å²) in [5.74, 6) is -0.375. The molecule has 4 heteroatoms. The number of hydrogen-bond donors (Lipinski definition) is 1. The van der Waals surface area contributed by atoms with E-state index in [1.54, 1.807) is 24.5 Å². The molecule has 2 heterocycles. The van der Waals surface area contributed by atoms with E-state index in [1.807, 2.05) is 0 Å². The van der Waals surface area contributed by atoms with E-state index in [0.29, 0.717) is 17.7 Å². The summed E-state index contributed by atoms with van der Waals surface area (Å²) in [6.45, 7) is 2.11. The standard InChI is InChI=1S/C15H17NO3/c1-2-3-4-5-13-14(15(17)18)12(10-19-13)11-6-8-16-9-7-11/h6-10H,2-5H2,1H3,(H,17,18). The van der Waals surface area contributed by atoms with E-state index in [-0.39, 0.29) is 5.56 Å². The van der Waals surface area contributed by atoms with Crippen LogP contribution in [0.1, 0.15) is 42.3 Å². The van der Waals surface area contributed by atoms with Crippen LogP contribution in [-0.2, 0) is 6.42 Å². The van der Waals surface area contributed by atoms with Crippen molar-refractivity contribution in [3.05, 3.63) is 42.1 Å². The number of aromatic carboxylic acids is 1. The second-order valence-electron chi connectivity index (χ2n) is 4.45. The van der Waals surface area contributed by atoms with Gasteiger partial charge in [0.25, 0.3) is 0 Å². The summed E-state index contributed by atoms with van der Waals surface area (Å²) in [4.78, 5) is 15.4. The maximum Gasteiger partial charge on any atom is 0.339 e. The molecule has 2 rings (SSSR count). The predicted molar refractivity (Wildman–Crippen MR) is 72.1 cm³/mol. The van der Waals surface area contributed by atoms with Gasteiger partial charge in [0.1, 0.15) is 11.3 Å². The Bertz CT molecular complexity index is 546. The molecule has 0 spiro atoms. The Hall–Kier alpha value is -2.10. The Morgan fingerprint density at radius 3 is 2.68 bits per heavy atom. The first-order chi connectivity index (χ1) is 9.24. The topological polar surface area (TPSA) is 63.3 Å². The van der Waals surface area contributed by atoms with Crippen molar-refractivity contribution in [2.45, 2.75) is 32.6 Å². The SMILES string of the molecule is CCCCCc1occ(-c2ccncc2)c1C(=O)O. The van der Waals surface area contributed by atoms with Gasteiger partial charge in [-0.15, -0.1) is 0 Å². The highest BCUT2D eigenvalue weighted by Crippen LogP contribution is 2.29. The molecule has 0 aliphatic heterocycles. The minimum absolute atomic E-state index is 0.280. The van der Waals surface area contributed by atoms with Crippen LogP contribution >= 0.6 is 0 Å². The number of aromatic nitrogens is 1. The number of pyridine rings is 1. The highest BCUT2D eigenvalue weighted by atomic mass is 16.4. The van der Waals surface area contributed by atoms with E-state index in [9.17, 15) is 9.90 Å². The summed E-state index contributed by atoms with van der Waals surface area (Å²) >= 11 is 0. The number of aryl methyl sites for hydroxylation is 1. The summed E-state index contributed by atoms with van der Waals surface area (Å²) < 4.78 is 5.46. The van der Waals surface area contributed by atoms with E-state index in [1.165, 1.54) is 6.26 Å². The molecule has 0 saturated carbocycles. The second kappa shape index (κ2) is 6.18. The molecule has 0 saturated heterocycles. The van der Waals surface area contributed by atoms with Crippen LogP contribution in [0.4, 0.5) is 0 Å². The lowest BCUT2D eigenvalue weighted by Crippen LogP contribution is -2.01. The van der Waals surface area contributed by atoms with Gasteiger partial charge < -0.3 is 9.52 Å². The van der Waals surface area contributed by atoms with Gasteiger partial charge in [-0.05, 0) is 24.1 Å². The minimum atomic E-state index is -0.938. The van der Waals surface area contributed by atoms with Crippen LogP contribution < -0.4 is 0 Å². The second-order valence-corrected chi connectivity index (χ2v) is 4.45. The van der Waals surface area contributed by atoms with E-state index in [0.717, 1.165) is 24.8 Å². The van der Waals surface area contributed by atoms with Gasteiger partial charge in [0.15, 0.2) is 0 Å². The van der Waals surface area contributed by atoms with Crippen molar-refractivity contribution in [3.63, 3.8) is 0 Å². The lowest BCUT2D eigenvalue weighted by molar-refractivity contribution is 0.0695. The first-order valence-corrected chi connectivity index (χ1v) is 6.48. The number of unbranched alkanes of at least 4 members (excludes halogenated alkanes) is 2. The molecule has 19 heavy (non-hydrogen) atoms. The van der Waals surface area contributed by atoms with Crippen molar-refractivity contribution in [3.8, 4) is 11.1 Å². The highest BCUT2D eigenvalue weighted by molar-refractivity contribution is 5.96. The molecule has 0 unspecified atom stereocenters. The number of furan rings is 1. The number of hydrogen-bond acceptors (Lipinski definition) is 3. The molecule has 4 nitrogen and oxygen atoms in total. The quantitative estimate of drug-likeness (QED) is 0.802. The summed E-state index contributed by atoms with van der Waals surface area (Å²) in [7, 11) is 0. The summed E-state index contributed by atoms with van der Waals surface area (Å²) in [6, 6.07) is 3.57. The van der Waals surface area contributed by atoms with Gasteiger partial charge in [-0.2, -0.15) is 0 Å². The van der Waals surface area contributed by atoms with Crippen molar-refractivity contribution < 1.29 is 14.3 Å². The van der Waals surface area contributed by atoms with Crippen LogP contribution in [0.25, 0.3) is 11.1 Å². The van der Waals surface area contributed by atoms with Crippen molar-refractivity contribution in [1.29, 1.82) is 0 Å². The Balaban J connectivity index is 2.32. The molecular formula is C15H17NO3. The van der Waals surface area contributed by atoms with Gasteiger partial charge in [0, 0.05) is 24.4 Å². The highest BCUT2D eigenvalue weighted by Gasteiger charge is 2.20. The Kier molecular flexibility index (Phi) is 4.34. The van der Waals surface area contributed by atoms with E-state index < -0.39 is 5.97 Å². The minimum Gasteiger partial charge on any atom is -0.478 e. The average Bonchev–Trinajstić information content (AvgIpc) is 2.84. The summed E-state index contributed by atoms with van der Waals surface area (Å²) in [5, 5.41) is 9.38. The molecule has 100 valence electrons. The normalized spacial score (nSPS) is 10.6. The number of rotatable bonds is 6. The zero-order chi connectivity index (χ0) is 13.7. The molecule has 0 radical (unpaired) electrons. The van der Waals surface area contributed by atoms with Gasteiger partial charge >= 0.3 is 5.97 Å². The first kappa shape index (κ1) is 13.3. The fraction of sp³-hybridized carbons (Fsp3) is 0.333. The molecule has 0 fully saturated rings. The number of carboxylic acids is 1. The Labute approximate surface area is 112 Å². The first-order valence-electron chi connectivity index (χ1n) is 6.48. The monoisotopic (exact) mass is 259 g/mol. The molecule has 0 bridgehead atoms. The fourth-order valence-electron chi connectivity index (χ4n) is 2.10. The van der Waals surface area contributed by atoms with E-state index in [4.69, 9.17) is 4.42 Å². The van der Waals surface area contributed by atoms with E-state index >= 15 is 0 Å². The predicted octanol–water partition coefficient (Wildman–Crippen LogP) is 3.77. The molecule has 2 aromatic heterocycles. The van der Waals surface area contributed by atoms with Crippen molar-refractivity contribution in [2.24, 2.45) is 0 Å². The van der Waals surface area contributed by atoms with Gasteiger partial charge in [-0.1, -0.05) is 19.8 Å². The van der Waals surface area contributed by atoms with Gasteiger partial charge in [-0.3, -0.25) is 4.98 Å². The van der Waals surface area contributed by atoms with Crippen LogP contribution in [-0.4, -0.2) is 16.1 Å². The summed E-state index contributed by atoms with van der Waals surface area (Å²) in [5.41, 5.74) is 1.72. The molecule has 0 aliphatic carbocycles. The molecule has 0 atom stereocenters. The average molecular weight is 259 g/mol. The van der Waals surface area contributed by atoms with Crippen molar-refractivity contribution >= 4 is 5.97 Å². The van der Waals surface area contributed by atoms with Gasteiger partial charge in [0.05, 0.1) is 6.26 Å². The zero-order valence-electron chi connectivity index (χ0n) is 10.9. The lowest BCUT2D eigenvalue weighted by Gasteiger charge is -2.01. The molecule has 0 amide bonds. The Morgan fingerprint density at radius 1 is 1.32 bits per heavy atom. The van der Waals surface area contributed by atoms with Crippen LogP contribution in [0.5, 0.6) is 0 Å². The number of carbonyl (C=O) groups is 1. The summed E-state index contributed by atoms with van der Waals surface area (Å²) in [6.07, 6.45) is 8.60. The zero-order valence-corrected chi connectivity index (χ0v) is 10.9. The molecular weight excluding hydrogens is 242 g/mol. The van der Waals surface area contributed by atoms with Crippen LogP contribution in [0.15, 0.2) is 35.2 Å². The molecule has 2 aromatic rings. The third-order valence-corrected chi connectivity index (χ3v) is 3.08. The largest absolute Gasteiger partial charge is 0.478 e. The maximum atomic E-state index is 11.4.